The van der Waals surface area contributed by atoms with Crippen LogP contribution in [-0.2, 0) is 0 Å². The summed E-state index contributed by atoms with van der Waals surface area (Å²) in [6.07, 6.45) is 3.75. The van der Waals surface area contributed by atoms with Crippen molar-refractivity contribution < 1.29 is 14.5 Å². The van der Waals surface area contributed by atoms with Crippen molar-refractivity contribution in [1.82, 2.24) is 20.1 Å². The molecule has 0 aliphatic carbocycles. The summed E-state index contributed by atoms with van der Waals surface area (Å²) >= 11 is 0.451. The summed E-state index contributed by atoms with van der Waals surface area (Å²) in [4.78, 5) is 39.1. The number of hydrazine groups is 1. The summed E-state index contributed by atoms with van der Waals surface area (Å²) in [6.45, 7) is 0. The number of anilines is 1. The van der Waals surface area contributed by atoms with Gasteiger partial charge in [0.2, 0.25) is 0 Å². The molecule has 24 heavy (non-hydrogen) atoms. The number of aromatic nitrogens is 2. The number of benzene rings is 1. The van der Waals surface area contributed by atoms with Gasteiger partial charge < -0.3 is 0 Å². The maximum absolute atomic E-state index is 12.3. The van der Waals surface area contributed by atoms with Gasteiger partial charge in [0.15, 0.2) is 0 Å². The molecule has 0 radical (unpaired) electrons. The normalized spacial score (nSPS) is 18.8. The first kappa shape index (κ1) is 14.9. The fourth-order valence-electron chi connectivity index (χ4n) is 2.89. The van der Waals surface area contributed by atoms with Crippen LogP contribution in [0.15, 0.2) is 30.9 Å². The first-order chi connectivity index (χ1) is 11.5. The molecule has 2 aromatic rings. The fourth-order valence-corrected chi connectivity index (χ4v) is 3.53. The summed E-state index contributed by atoms with van der Waals surface area (Å²) in [5, 5.41) is 16.2. The van der Waals surface area contributed by atoms with Crippen molar-refractivity contribution in [2.75, 3.05) is 10.3 Å². The Morgan fingerprint density at radius 2 is 2.08 bits per heavy atom. The van der Waals surface area contributed by atoms with Crippen LogP contribution in [0, 0.1) is 10.1 Å². The molecule has 116 valence electrons. The molecule has 3 heterocycles. The van der Waals surface area contributed by atoms with E-state index in [1.807, 2.05) is 0 Å². The number of nitrogens with one attached hydrogen (secondary N) is 2. The molecule has 1 fully saturated rings. The van der Waals surface area contributed by atoms with Crippen LogP contribution in [0.4, 0.5) is 21.0 Å². The molecule has 11 nitrogen and oxygen atoms in total. The minimum atomic E-state index is -0.760. The van der Waals surface area contributed by atoms with Crippen molar-refractivity contribution in [2.45, 2.75) is 6.17 Å². The van der Waals surface area contributed by atoms with Crippen molar-refractivity contribution in [3.8, 4) is 0 Å². The second kappa shape index (κ2) is 5.19. The zero-order valence-electron chi connectivity index (χ0n) is 12.3. The molecular weight excluding hydrogens is 329 g/mol. The standard InChI is InChI=1S/C12H8N7O4.Na/c20-11-14-9-5-7(19(22)23)1-2-8(9)10-17(11)15-12(21)18(10)16-4-3-13-6-16;/h2-6,10H,(H,14,20)(H,15,21);. The molecule has 1 saturated heterocycles. The number of nitrogens with zero attached hydrogens (tertiary/aromatic N) is 5. The molecule has 2 aliphatic rings. The molecular formula is C12H8N7NaO4. The van der Waals surface area contributed by atoms with Crippen LogP contribution >= 0.6 is 0 Å². The molecule has 1 aromatic heterocycles. The SMILES string of the molecule is O=C1Nc2cc([N+](=O)[O-])[c]([Na])cc2C2N1NC(=O)N2n1ccnc1. The van der Waals surface area contributed by atoms with Crippen LogP contribution in [0.25, 0.3) is 0 Å². The first-order valence-electron chi connectivity index (χ1n) is 6.94. The molecule has 1 atom stereocenters. The third-order valence-electron chi connectivity index (χ3n) is 3.94. The van der Waals surface area contributed by atoms with Gasteiger partial charge in [-0.1, -0.05) is 0 Å². The van der Waals surface area contributed by atoms with Gasteiger partial charge in [-0.15, -0.1) is 0 Å². The first-order valence-corrected chi connectivity index (χ1v) is 7.94. The Balaban J connectivity index is 1.89. The zero-order valence-corrected chi connectivity index (χ0v) is 14.3. The Hall–Kier alpha value is -2.63. The Labute approximate surface area is 151 Å². The average molecular weight is 337 g/mol. The number of carbonyl (C=O) groups is 2. The summed E-state index contributed by atoms with van der Waals surface area (Å²) in [6, 6.07) is 1.91. The van der Waals surface area contributed by atoms with E-state index in [9.17, 15) is 19.7 Å². The summed E-state index contributed by atoms with van der Waals surface area (Å²) in [7, 11) is 0. The van der Waals surface area contributed by atoms with Gasteiger partial charge >= 0.3 is 152 Å². The van der Waals surface area contributed by atoms with Gasteiger partial charge in [0.25, 0.3) is 0 Å². The number of nitro groups is 1. The molecule has 4 amide bonds. The van der Waals surface area contributed by atoms with Gasteiger partial charge in [0.1, 0.15) is 0 Å². The number of imidazole rings is 1. The van der Waals surface area contributed by atoms with E-state index in [-0.39, 0.29) is 5.69 Å². The van der Waals surface area contributed by atoms with Gasteiger partial charge in [0.05, 0.1) is 0 Å². The molecule has 2 aliphatic heterocycles. The van der Waals surface area contributed by atoms with Crippen molar-refractivity contribution in [2.24, 2.45) is 0 Å². The van der Waals surface area contributed by atoms with Crippen LogP contribution < -0.4 is 18.6 Å². The van der Waals surface area contributed by atoms with Crippen LogP contribution in [0.1, 0.15) is 11.7 Å². The minimum absolute atomic E-state index is 0.0411. The Kier molecular flexibility index (Phi) is 3.23. The third-order valence-corrected chi connectivity index (χ3v) is 4.74. The van der Waals surface area contributed by atoms with Crippen molar-refractivity contribution in [3.63, 3.8) is 0 Å². The Morgan fingerprint density at radius 1 is 1.29 bits per heavy atom. The fraction of sp³-hybridized carbons (Fsp3) is 0.0833. The number of nitro benzene ring substituents is 1. The number of hydrogen-bond acceptors (Lipinski definition) is 5. The molecule has 4 rings (SSSR count). The molecule has 12 heteroatoms. The van der Waals surface area contributed by atoms with Crippen molar-refractivity contribution in [1.29, 1.82) is 0 Å². The van der Waals surface area contributed by atoms with E-state index in [1.54, 1.807) is 12.3 Å². The van der Waals surface area contributed by atoms with Gasteiger partial charge in [-0.2, -0.15) is 0 Å². The van der Waals surface area contributed by atoms with Crippen LogP contribution in [-0.4, -0.2) is 59.6 Å². The number of rotatable bonds is 2. The quantitative estimate of drug-likeness (QED) is 0.442. The third kappa shape index (κ3) is 2.06. The zero-order chi connectivity index (χ0) is 17.0. The average Bonchev–Trinajstić information content (AvgIpc) is 3.14. The summed E-state index contributed by atoms with van der Waals surface area (Å²) in [5.41, 5.74) is 3.35. The second-order valence-electron chi connectivity index (χ2n) is 5.36. The molecule has 0 bridgehead atoms. The van der Waals surface area contributed by atoms with Gasteiger partial charge in [0, 0.05) is 0 Å². The van der Waals surface area contributed by atoms with Crippen molar-refractivity contribution >= 4 is 54.2 Å². The van der Waals surface area contributed by atoms with Crippen LogP contribution in [0.2, 0.25) is 0 Å². The molecule has 2 N–H and O–H groups in total. The number of hydrogen-bond donors (Lipinski definition) is 2. The monoisotopic (exact) mass is 337 g/mol. The van der Waals surface area contributed by atoms with E-state index in [2.05, 4.69) is 15.7 Å². The van der Waals surface area contributed by atoms with Crippen LogP contribution in [0.3, 0.4) is 0 Å². The molecule has 1 unspecified atom stereocenters. The number of urea groups is 2. The van der Waals surface area contributed by atoms with E-state index in [0.29, 0.717) is 42.0 Å². The topological polar surface area (TPSA) is 126 Å². The van der Waals surface area contributed by atoms with E-state index < -0.39 is 23.2 Å². The van der Waals surface area contributed by atoms with Gasteiger partial charge in [-0.3, -0.25) is 0 Å². The predicted octanol–water partition coefficient (Wildman–Crippen LogP) is -0.292. The second-order valence-corrected chi connectivity index (χ2v) is 6.44. The summed E-state index contributed by atoms with van der Waals surface area (Å²) < 4.78 is 2.02. The number of carbonyl (C=O) groups excluding carboxylic acids is 2. The Bertz CT molecular complexity index is 884. The van der Waals surface area contributed by atoms with E-state index in [4.69, 9.17) is 0 Å². The van der Waals surface area contributed by atoms with Crippen LogP contribution in [0.5, 0.6) is 0 Å². The predicted molar refractivity (Wildman–Crippen MR) is 81.1 cm³/mol. The van der Waals surface area contributed by atoms with Gasteiger partial charge in [-0.05, 0) is 0 Å². The van der Waals surface area contributed by atoms with E-state index in [0.717, 1.165) is 5.01 Å². The molecule has 0 spiro atoms. The maximum atomic E-state index is 12.3. The molecule has 0 saturated carbocycles. The molecule has 1 aromatic carbocycles. The van der Waals surface area contributed by atoms with E-state index in [1.165, 1.54) is 28.3 Å². The summed E-state index contributed by atoms with van der Waals surface area (Å²) in [5.74, 6) is 0. The number of amides is 4. The van der Waals surface area contributed by atoms with Crippen molar-refractivity contribution in [3.05, 3.63) is 46.5 Å². The van der Waals surface area contributed by atoms with E-state index >= 15 is 0 Å². The van der Waals surface area contributed by atoms with Gasteiger partial charge in [-0.25, -0.2) is 0 Å². The number of fused-ring (bicyclic) bond motifs is 3. The Morgan fingerprint density at radius 3 is 2.75 bits per heavy atom.